The van der Waals surface area contributed by atoms with Crippen LogP contribution in [0, 0.1) is 13.8 Å². The largest absolute Gasteiger partial charge is 0.456 e. The number of nitrogens with two attached hydrogens (primary N) is 1. The van der Waals surface area contributed by atoms with Crippen molar-refractivity contribution >= 4 is 27.4 Å². The van der Waals surface area contributed by atoms with Gasteiger partial charge < -0.3 is 10.5 Å². The maximum absolute atomic E-state index is 11.4. The first-order valence-electron chi connectivity index (χ1n) is 6.23. The predicted molar refractivity (Wildman–Crippen MR) is 84.5 cm³/mol. The minimum absolute atomic E-state index is 0.0522. The molecule has 20 heavy (non-hydrogen) atoms. The van der Waals surface area contributed by atoms with Gasteiger partial charge in [0.2, 0.25) is 0 Å². The SMILES string of the molecule is CC(=O)c1cc(C)c(Oc2ccc(N)cc2Br)c(C)c1. The molecule has 0 fully saturated rings. The molecule has 0 aliphatic rings. The summed E-state index contributed by atoms with van der Waals surface area (Å²) < 4.78 is 6.74. The number of nitrogen functional groups attached to an aromatic ring is 1. The Labute approximate surface area is 126 Å². The molecule has 0 aromatic heterocycles. The highest BCUT2D eigenvalue weighted by Gasteiger charge is 2.11. The smallest absolute Gasteiger partial charge is 0.159 e. The lowest BCUT2D eigenvalue weighted by Crippen LogP contribution is -1.98. The Bertz CT molecular complexity index is 657. The number of ketones is 1. The van der Waals surface area contributed by atoms with Crippen molar-refractivity contribution in [3.05, 3.63) is 51.5 Å². The molecule has 0 spiro atoms. The molecule has 2 rings (SSSR count). The van der Waals surface area contributed by atoms with Gasteiger partial charge in [-0.2, -0.15) is 0 Å². The van der Waals surface area contributed by atoms with Crippen LogP contribution in [0.4, 0.5) is 5.69 Å². The standard InChI is InChI=1S/C16H16BrNO2/c1-9-6-12(11(3)19)7-10(2)16(9)20-15-5-4-13(18)8-14(15)17/h4-8H,18H2,1-3H3. The summed E-state index contributed by atoms with van der Waals surface area (Å²) >= 11 is 3.43. The van der Waals surface area contributed by atoms with Gasteiger partial charge in [-0.25, -0.2) is 0 Å². The molecule has 4 heteroatoms. The fourth-order valence-electron chi connectivity index (χ4n) is 2.02. The molecular formula is C16H16BrNO2. The first kappa shape index (κ1) is 14.6. The summed E-state index contributed by atoms with van der Waals surface area (Å²) in [5.74, 6) is 1.51. The van der Waals surface area contributed by atoms with E-state index in [1.165, 1.54) is 0 Å². The Morgan fingerprint density at radius 2 is 1.75 bits per heavy atom. The molecule has 3 nitrogen and oxygen atoms in total. The number of Topliss-reactive ketones (excluding diaryl/α,β-unsaturated/α-hetero) is 1. The van der Waals surface area contributed by atoms with Crippen LogP contribution in [0.1, 0.15) is 28.4 Å². The van der Waals surface area contributed by atoms with Crippen LogP contribution < -0.4 is 10.5 Å². The van der Waals surface area contributed by atoms with E-state index in [1.54, 1.807) is 19.1 Å². The van der Waals surface area contributed by atoms with Gasteiger partial charge in [0.25, 0.3) is 0 Å². The molecule has 2 aromatic rings. The number of hydrogen-bond acceptors (Lipinski definition) is 3. The topological polar surface area (TPSA) is 52.3 Å². The number of anilines is 1. The molecule has 0 heterocycles. The second-order valence-electron chi connectivity index (χ2n) is 4.79. The van der Waals surface area contributed by atoms with E-state index in [9.17, 15) is 4.79 Å². The Balaban J connectivity index is 2.41. The molecule has 0 aliphatic carbocycles. The van der Waals surface area contributed by atoms with Gasteiger partial charge >= 0.3 is 0 Å². The van der Waals surface area contributed by atoms with Gasteiger partial charge in [-0.15, -0.1) is 0 Å². The lowest BCUT2D eigenvalue weighted by atomic mass is 10.0. The fraction of sp³-hybridized carbons (Fsp3) is 0.188. The number of halogens is 1. The van der Waals surface area contributed by atoms with E-state index in [-0.39, 0.29) is 5.78 Å². The van der Waals surface area contributed by atoms with Gasteiger partial charge in [-0.3, -0.25) is 4.79 Å². The van der Waals surface area contributed by atoms with E-state index >= 15 is 0 Å². The average molecular weight is 334 g/mol. The quantitative estimate of drug-likeness (QED) is 0.657. The maximum atomic E-state index is 11.4. The number of carbonyl (C=O) groups excluding carboxylic acids is 1. The zero-order valence-corrected chi connectivity index (χ0v) is 13.2. The summed E-state index contributed by atoms with van der Waals surface area (Å²) in [7, 11) is 0. The summed E-state index contributed by atoms with van der Waals surface area (Å²) in [5.41, 5.74) is 8.94. The molecule has 0 atom stereocenters. The molecule has 104 valence electrons. The van der Waals surface area contributed by atoms with E-state index in [1.807, 2.05) is 32.0 Å². The van der Waals surface area contributed by atoms with E-state index in [0.717, 1.165) is 21.3 Å². The van der Waals surface area contributed by atoms with Crippen LogP contribution in [-0.4, -0.2) is 5.78 Å². The highest BCUT2D eigenvalue weighted by atomic mass is 79.9. The molecule has 0 saturated carbocycles. The second-order valence-corrected chi connectivity index (χ2v) is 5.64. The van der Waals surface area contributed by atoms with Crippen LogP contribution in [0.15, 0.2) is 34.8 Å². The number of ether oxygens (including phenoxy) is 1. The van der Waals surface area contributed by atoms with Crippen molar-refractivity contribution in [3.8, 4) is 11.5 Å². The number of benzene rings is 2. The highest BCUT2D eigenvalue weighted by molar-refractivity contribution is 9.10. The lowest BCUT2D eigenvalue weighted by Gasteiger charge is -2.14. The number of hydrogen-bond donors (Lipinski definition) is 1. The maximum Gasteiger partial charge on any atom is 0.159 e. The number of rotatable bonds is 3. The summed E-state index contributed by atoms with van der Waals surface area (Å²) in [6, 6.07) is 9.08. The van der Waals surface area contributed by atoms with Crippen LogP contribution >= 0.6 is 15.9 Å². The third-order valence-electron chi connectivity index (χ3n) is 3.03. The normalized spacial score (nSPS) is 10.4. The predicted octanol–water partition coefficient (Wildman–Crippen LogP) is 4.64. The van der Waals surface area contributed by atoms with E-state index in [4.69, 9.17) is 10.5 Å². The van der Waals surface area contributed by atoms with E-state index in [2.05, 4.69) is 15.9 Å². The van der Waals surface area contributed by atoms with Gasteiger partial charge in [-0.1, -0.05) is 0 Å². The van der Waals surface area contributed by atoms with Crippen LogP contribution in [0.3, 0.4) is 0 Å². The minimum Gasteiger partial charge on any atom is -0.456 e. The molecule has 2 N–H and O–H groups in total. The van der Waals surface area contributed by atoms with Gasteiger partial charge in [0.05, 0.1) is 4.47 Å². The summed E-state index contributed by atoms with van der Waals surface area (Å²) in [6.45, 7) is 5.42. The summed E-state index contributed by atoms with van der Waals surface area (Å²) in [4.78, 5) is 11.4. The molecule has 0 saturated heterocycles. The Kier molecular flexibility index (Phi) is 4.14. The molecular weight excluding hydrogens is 318 g/mol. The van der Waals surface area contributed by atoms with Crippen molar-refractivity contribution in [2.75, 3.05) is 5.73 Å². The first-order chi connectivity index (χ1) is 9.38. The summed E-state index contributed by atoms with van der Waals surface area (Å²) in [5, 5.41) is 0. The average Bonchev–Trinajstić information content (AvgIpc) is 2.35. The number of aryl methyl sites for hydroxylation is 2. The Morgan fingerprint density at radius 3 is 2.25 bits per heavy atom. The third kappa shape index (κ3) is 3.02. The molecule has 0 aliphatic heterocycles. The van der Waals surface area contributed by atoms with Crippen LogP contribution in [-0.2, 0) is 0 Å². The monoisotopic (exact) mass is 333 g/mol. The molecule has 0 amide bonds. The molecule has 0 bridgehead atoms. The van der Waals surface area contributed by atoms with Crippen molar-refractivity contribution in [1.29, 1.82) is 0 Å². The summed E-state index contributed by atoms with van der Waals surface area (Å²) in [6.07, 6.45) is 0. The van der Waals surface area contributed by atoms with Gasteiger partial charge in [0.15, 0.2) is 5.78 Å². The molecule has 0 unspecified atom stereocenters. The van der Waals surface area contributed by atoms with Crippen LogP contribution in [0.5, 0.6) is 11.5 Å². The van der Waals surface area contributed by atoms with Crippen LogP contribution in [0.2, 0.25) is 0 Å². The fourth-order valence-corrected chi connectivity index (χ4v) is 2.50. The minimum atomic E-state index is 0.0522. The van der Waals surface area contributed by atoms with Crippen LogP contribution in [0.25, 0.3) is 0 Å². The van der Waals surface area contributed by atoms with E-state index < -0.39 is 0 Å². The molecule has 2 aromatic carbocycles. The highest BCUT2D eigenvalue weighted by Crippen LogP contribution is 2.35. The first-order valence-corrected chi connectivity index (χ1v) is 7.03. The zero-order valence-electron chi connectivity index (χ0n) is 11.7. The van der Waals surface area contributed by atoms with Gasteiger partial charge in [0, 0.05) is 11.3 Å². The van der Waals surface area contributed by atoms with E-state index in [0.29, 0.717) is 17.0 Å². The van der Waals surface area contributed by atoms with Crippen molar-refractivity contribution in [3.63, 3.8) is 0 Å². The molecule has 0 radical (unpaired) electrons. The van der Waals surface area contributed by atoms with Gasteiger partial charge in [0.1, 0.15) is 11.5 Å². The van der Waals surface area contributed by atoms with Crippen molar-refractivity contribution in [1.82, 2.24) is 0 Å². The van der Waals surface area contributed by atoms with Gasteiger partial charge in [-0.05, 0) is 78.2 Å². The zero-order chi connectivity index (χ0) is 14.9. The Morgan fingerprint density at radius 1 is 1.15 bits per heavy atom. The van der Waals surface area contributed by atoms with Crippen molar-refractivity contribution in [2.24, 2.45) is 0 Å². The lowest BCUT2D eigenvalue weighted by molar-refractivity contribution is 0.101. The second kappa shape index (κ2) is 5.67. The third-order valence-corrected chi connectivity index (χ3v) is 3.65. The number of carbonyl (C=O) groups is 1. The Hall–Kier alpha value is -1.81. The van der Waals surface area contributed by atoms with Crippen molar-refractivity contribution < 1.29 is 9.53 Å². The van der Waals surface area contributed by atoms with Crippen molar-refractivity contribution in [2.45, 2.75) is 20.8 Å².